The SMILES string of the molecule is COC(=O)COc1ccc(/C=N/NC(=O)c2ccccc2Br)cc1OC. The van der Waals surface area contributed by atoms with Crippen LogP contribution in [0.4, 0.5) is 0 Å². The molecule has 2 rings (SSSR count). The van der Waals surface area contributed by atoms with Crippen LogP contribution in [0.2, 0.25) is 0 Å². The molecule has 0 bridgehead atoms. The summed E-state index contributed by atoms with van der Waals surface area (Å²) >= 11 is 3.31. The third-order valence-corrected chi connectivity index (χ3v) is 3.95. The summed E-state index contributed by atoms with van der Waals surface area (Å²) in [6.45, 7) is -0.220. The van der Waals surface area contributed by atoms with Gasteiger partial charge in [-0.3, -0.25) is 4.79 Å². The first-order valence-corrected chi connectivity index (χ1v) is 8.30. The predicted molar refractivity (Wildman–Crippen MR) is 99.7 cm³/mol. The maximum atomic E-state index is 12.1. The first-order chi connectivity index (χ1) is 12.5. The topological polar surface area (TPSA) is 86.2 Å². The van der Waals surface area contributed by atoms with Crippen LogP contribution in [0.15, 0.2) is 52.0 Å². The van der Waals surface area contributed by atoms with Crippen LogP contribution in [0.1, 0.15) is 15.9 Å². The number of rotatable bonds is 7. The number of methoxy groups -OCH3 is 2. The van der Waals surface area contributed by atoms with Crippen LogP contribution in [0.3, 0.4) is 0 Å². The van der Waals surface area contributed by atoms with Gasteiger partial charge in [0.2, 0.25) is 0 Å². The van der Waals surface area contributed by atoms with Crippen LogP contribution in [0, 0.1) is 0 Å². The molecule has 0 fully saturated rings. The Morgan fingerprint density at radius 2 is 1.92 bits per heavy atom. The molecule has 0 aliphatic rings. The fourth-order valence-electron chi connectivity index (χ4n) is 1.95. The van der Waals surface area contributed by atoms with E-state index >= 15 is 0 Å². The number of nitrogens with zero attached hydrogens (tertiary/aromatic N) is 1. The Balaban J connectivity index is 2.02. The molecular weight excluding hydrogens is 404 g/mol. The van der Waals surface area contributed by atoms with Crippen LogP contribution in [0.5, 0.6) is 11.5 Å². The highest BCUT2D eigenvalue weighted by Crippen LogP contribution is 2.27. The normalized spacial score (nSPS) is 10.4. The summed E-state index contributed by atoms with van der Waals surface area (Å²) < 4.78 is 15.8. The molecule has 136 valence electrons. The number of nitrogens with one attached hydrogen (secondary N) is 1. The third kappa shape index (κ3) is 5.32. The Hall–Kier alpha value is -2.87. The van der Waals surface area contributed by atoms with Gasteiger partial charge in [-0.2, -0.15) is 5.10 Å². The van der Waals surface area contributed by atoms with Crippen molar-refractivity contribution < 1.29 is 23.8 Å². The number of carbonyl (C=O) groups is 2. The fourth-order valence-corrected chi connectivity index (χ4v) is 2.42. The van der Waals surface area contributed by atoms with Crippen molar-refractivity contribution in [1.29, 1.82) is 0 Å². The van der Waals surface area contributed by atoms with Crippen LogP contribution in [0.25, 0.3) is 0 Å². The lowest BCUT2D eigenvalue weighted by molar-refractivity contribution is -0.142. The van der Waals surface area contributed by atoms with E-state index in [2.05, 4.69) is 31.2 Å². The number of amides is 1. The van der Waals surface area contributed by atoms with Gasteiger partial charge in [0.25, 0.3) is 5.91 Å². The summed E-state index contributed by atoms with van der Waals surface area (Å²) in [7, 11) is 2.76. The van der Waals surface area contributed by atoms with Crippen molar-refractivity contribution in [2.45, 2.75) is 0 Å². The molecule has 0 saturated heterocycles. The zero-order valence-corrected chi connectivity index (χ0v) is 15.8. The number of carbonyl (C=O) groups excluding carboxylic acids is 2. The standard InChI is InChI=1S/C18H17BrN2O5/c1-24-16-9-12(7-8-15(16)26-11-17(22)25-2)10-20-21-18(23)13-5-3-4-6-14(13)19/h3-10H,11H2,1-2H3,(H,21,23)/b20-10+. The Kier molecular flexibility index (Phi) is 7.16. The lowest BCUT2D eigenvalue weighted by Crippen LogP contribution is -2.18. The minimum atomic E-state index is -0.493. The van der Waals surface area contributed by atoms with E-state index in [0.29, 0.717) is 27.1 Å². The predicted octanol–water partition coefficient (Wildman–Crippen LogP) is 2.77. The first-order valence-electron chi connectivity index (χ1n) is 7.50. The second-order valence-electron chi connectivity index (χ2n) is 4.95. The van der Waals surface area contributed by atoms with Gasteiger partial charge in [-0.05, 0) is 51.8 Å². The summed E-state index contributed by atoms with van der Waals surface area (Å²) in [4.78, 5) is 23.2. The van der Waals surface area contributed by atoms with Crippen LogP contribution in [-0.2, 0) is 9.53 Å². The molecule has 1 N–H and O–H groups in total. The van der Waals surface area contributed by atoms with Crippen molar-refractivity contribution in [1.82, 2.24) is 5.43 Å². The number of hydrazone groups is 1. The van der Waals surface area contributed by atoms with E-state index in [-0.39, 0.29) is 12.5 Å². The van der Waals surface area contributed by atoms with Gasteiger partial charge in [0.05, 0.1) is 26.0 Å². The van der Waals surface area contributed by atoms with Crippen LogP contribution in [-0.4, -0.2) is 38.9 Å². The molecule has 0 spiro atoms. The number of esters is 1. The van der Waals surface area contributed by atoms with Gasteiger partial charge in [0.15, 0.2) is 18.1 Å². The van der Waals surface area contributed by atoms with Crippen molar-refractivity contribution in [2.75, 3.05) is 20.8 Å². The molecule has 0 aromatic heterocycles. The molecule has 8 heteroatoms. The molecule has 2 aromatic rings. The van der Waals surface area contributed by atoms with Crippen molar-refractivity contribution in [3.8, 4) is 11.5 Å². The summed E-state index contributed by atoms with van der Waals surface area (Å²) in [5.74, 6) is -0.00603. The summed E-state index contributed by atoms with van der Waals surface area (Å²) in [5, 5.41) is 3.94. The van der Waals surface area contributed by atoms with Gasteiger partial charge in [-0.15, -0.1) is 0 Å². The van der Waals surface area contributed by atoms with Gasteiger partial charge >= 0.3 is 5.97 Å². The van der Waals surface area contributed by atoms with E-state index in [0.717, 1.165) is 0 Å². The molecule has 0 heterocycles. The average Bonchev–Trinajstić information content (AvgIpc) is 2.66. The van der Waals surface area contributed by atoms with Crippen molar-refractivity contribution in [2.24, 2.45) is 5.10 Å². The molecule has 0 atom stereocenters. The fraction of sp³-hybridized carbons (Fsp3) is 0.167. The maximum Gasteiger partial charge on any atom is 0.343 e. The van der Waals surface area contributed by atoms with Crippen molar-refractivity contribution >= 4 is 34.0 Å². The zero-order valence-electron chi connectivity index (χ0n) is 14.2. The number of ether oxygens (including phenoxy) is 3. The number of hydrogen-bond acceptors (Lipinski definition) is 6. The molecule has 0 saturated carbocycles. The average molecular weight is 421 g/mol. The van der Waals surface area contributed by atoms with E-state index in [1.807, 2.05) is 6.07 Å². The second kappa shape index (κ2) is 9.57. The monoisotopic (exact) mass is 420 g/mol. The molecule has 26 heavy (non-hydrogen) atoms. The summed E-state index contributed by atoms with van der Waals surface area (Å²) in [6.07, 6.45) is 1.47. The molecule has 0 aliphatic carbocycles. The second-order valence-corrected chi connectivity index (χ2v) is 5.81. The van der Waals surface area contributed by atoms with Crippen molar-refractivity contribution in [3.05, 3.63) is 58.1 Å². The van der Waals surface area contributed by atoms with Crippen LogP contribution >= 0.6 is 15.9 Å². The van der Waals surface area contributed by atoms with Gasteiger partial charge < -0.3 is 14.2 Å². The summed E-state index contributed by atoms with van der Waals surface area (Å²) in [5.41, 5.74) is 3.62. The number of benzene rings is 2. The quantitative estimate of drug-likeness (QED) is 0.422. The molecule has 7 nitrogen and oxygen atoms in total. The zero-order chi connectivity index (χ0) is 18.9. The molecule has 2 aromatic carbocycles. The number of halogens is 1. The van der Waals surface area contributed by atoms with Crippen LogP contribution < -0.4 is 14.9 Å². The highest BCUT2D eigenvalue weighted by atomic mass is 79.9. The van der Waals surface area contributed by atoms with E-state index in [4.69, 9.17) is 9.47 Å². The lowest BCUT2D eigenvalue weighted by Gasteiger charge is -2.10. The third-order valence-electron chi connectivity index (χ3n) is 3.26. The highest BCUT2D eigenvalue weighted by Gasteiger charge is 2.09. The Morgan fingerprint density at radius 1 is 1.15 bits per heavy atom. The molecule has 1 amide bonds. The van der Waals surface area contributed by atoms with Gasteiger partial charge in [0, 0.05) is 4.47 Å². The van der Waals surface area contributed by atoms with Gasteiger partial charge in [0.1, 0.15) is 0 Å². The first kappa shape index (κ1) is 19.5. The van der Waals surface area contributed by atoms with E-state index < -0.39 is 5.97 Å². The Labute approximate surface area is 159 Å². The number of hydrogen-bond donors (Lipinski definition) is 1. The minimum absolute atomic E-state index is 0.220. The van der Waals surface area contributed by atoms with E-state index in [1.54, 1.807) is 36.4 Å². The lowest BCUT2D eigenvalue weighted by atomic mass is 10.2. The molecular formula is C18H17BrN2O5. The maximum absolute atomic E-state index is 12.1. The van der Waals surface area contributed by atoms with E-state index in [1.165, 1.54) is 20.4 Å². The van der Waals surface area contributed by atoms with E-state index in [9.17, 15) is 9.59 Å². The Bertz CT molecular complexity index is 823. The summed E-state index contributed by atoms with van der Waals surface area (Å²) in [6, 6.07) is 12.1. The molecule has 0 aliphatic heterocycles. The van der Waals surface area contributed by atoms with Gasteiger partial charge in [-0.1, -0.05) is 12.1 Å². The smallest absolute Gasteiger partial charge is 0.343 e. The molecule has 0 radical (unpaired) electrons. The van der Waals surface area contributed by atoms with Gasteiger partial charge in [-0.25, -0.2) is 10.2 Å². The highest BCUT2D eigenvalue weighted by molar-refractivity contribution is 9.10. The molecule has 0 unspecified atom stereocenters. The minimum Gasteiger partial charge on any atom is -0.493 e. The van der Waals surface area contributed by atoms with Crippen molar-refractivity contribution in [3.63, 3.8) is 0 Å². The Morgan fingerprint density at radius 3 is 2.62 bits per heavy atom. The largest absolute Gasteiger partial charge is 0.493 e.